The van der Waals surface area contributed by atoms with Crippen LogP contribution < -0.4 is 9.47 Å². The summed E-state index contributed by atoms with van der Waals surface area (Å²) in [5.41, 5.74) is 1.10. The van der Waals surface area contributed by atoms with E-state index >= 15 is 0 Å². The number of nitrogens with zero attached hydrogens (tertiary/aromatic N) is 1. The Morgan fingerprint density at radius 2 is 1.82 bits per heavy atom. The Balaban J connectivity index is 2.16. The Kier molecular flexibility index (Phi) is 8.15. The molecule has 0 aromatic heterocycles. The molecule has 0 aliphatic carbocycles. The van der Waals surface area contributed by atoms with Crippen molar-refractivity contribution in [3.8, 4) is 11.5 Å². The fourth-order valence-corrected chi connectivity index (χ4v) is 3.99. The smallest absolute Gasteiger partial charge is 0.295 e. The van der Waals surface area contributed by atoms with Crippen molar-refractivity contribution >= 4 is 33.4 Å². The van der Waals surface area contributed by atoms with Gasteiger partial charge in [0.05, 0.1) is 30.9 Å². The van der Waals surface area contributed by atoms with Gasteiger partial charge in [-0.25, -0.2) is 0 Å². The quantitative estimate of drug-likeness (QED) is 0.294. The number of amides is 1. The van der Waals surface area contributed by atoms with E-state index in [1.54, 1.807) is 42.5 Å². The first-order chi connectivity index (χ1) is 15.8. The number of Topliss-reactive ketones (excluding diaryl/α,β-unsaturated/α-hetero) is 1. The third kappa shape index (κ3) is 5.39. The maximum Gasteiger partial charge on any atom is 0.295 e. The maximum absolute atomic E-state index is 13.1. The molecule has 1 unspecified atom stereocenters. The van der Waals surface area contributed by atoms with E-state index in [0.29, 0.717) is 29.2 Å². The molecule has 1 fully saturated rings. The number of ether oxygens (including phenoxy) is 3. The molecule has 33 heavy (non-hydrogen) atoms. The average molecular weight is 518 g/mol. The topological polar surface area (TPSA) is 85.3 Å². The first kappa shape index (κ1) is 24.8. The molecule has 176 valence electrons. The molecule has 2 aromatic carbocycles. The Hall–Kier alpha value is -2.84. The number of likely N-dealkylation sites (tertiary alicyclic amines) is 1. The molecule has 1 heterocycles. The van der Waals surface area contributed by atoms with Crippen LogP contribution in [0.1, 0.15) is 37.9 Å². The molecule has 1 aliphatic rings. The maximum atomic E-state index is 13.1. The van der Waals surface area contributed by atoms with Gasteiger partial charge in [-0.2, -0.15) is 0 Å². The lowest BCUT2D eigenvalue weighted by atomic mass is 9.95. The van der Waals surface area contributed by atoms with E-state index in [9.17, 15) is 14.7 Å². The lowest BCUT2D eigenvalue weighted by molar-refractivity contribution is -0.140. The molecule has 1 amide bonds. The van der Waals surface area contributed by atoms with Gasteiger partial charge in [0.15, 0.2) is 11.5 Å². The number of ketones is 1. The second-order valence-electron chi connectivity index (χ2n) is 7.80. The fourth-order valence-electron chi connectivity index (χ4n) is 3.72. The number of carbonyl (C=O) groups is 2. The van der Waals surface area contributed by atoms with Gasteiger partial charge in [-0.1, -0.05) is 34.1 Å². The first-order valence-electron chi connectivity index (χ1n) is 10.7. The highest BCUT2D eigenvalue weighted by molar-refractivity contribution is 9.10. The van der Waals surface area contributed by atoms with Gasteiger partial charge >= 0.3 is 0 Å². The molecule has 8 heteroatoms. The summed E-state index contributed by atoms with van der Waals surface area (Å²) in [6.07, 6.45) is -0.0557. The summed E-state index contributed by atoms with van der Waals surface area (Å²) in [6, 6.07) is 11.4. The highest BCUT2D eigenvalue weighted by atomic mass is 79.9. The van der Waals surface area contributed by atoms with Crippen molar-refractivity contribution < 1.29 is 28.9 Å². The molecule has 0 radical (unpaired) electrons. The number of aliphatic hydroxyl groups excluding tert-OH is 1. The monoisotopic (exact) mass is 517 g/mol. The minimum absolute atomic E-state index is 0.0263. The molecule has 1 atom stereocenters. The Morgan fingerprint density at radius 1 is 1.12 bits per heavy atom. The highest BCUT2D eigenvalue weighted by Crippen LogP contribution is 2.42. The third-order valence-electron chi connectivity index (χ3n) is 5.14. The lowest BCUT2D eigenvalue weighted by Gasteiger charge is -2.26. The molecule has 2 aromatic rings. The Bertz CT molecular complexity index is 1050. The van der Waals surface area contributed by atoms with Gasteiger partial charge in [0.1, 0.15) is 5.76 Å². The molecule has 1 N–H and O–H groups in total. The second-order valence-corrected chi connectivity index (χ2v) is 8.71. The third-order valence-corrected chi connectivity index (χ3v) is 5.67. The summed E-state index contributed by atoms with van der Waals surface area (Å²) in [5, 5.41) is 11.1. The van der Waals surface area contributed by atoms with E-state index in [1.807, 2.05) is 20.8 Å². The zero-order chi connectivity index (χ0) is 24.1. The van der Waals surface area contributed by atoms with Gasteiger partial charge in [-0.3, -0.25) is 9.59 Å². The molecule has 1 saturated heterocycles. The van der Waals surface area contributed by atoms with Crippen molar-refractivity contribution in [2.75, 3.05) is 26.9 Å². The SMILES string of the molecule is CCOc1cc(C2/C(=C(/O)c3ccc(Br)cc3)C(=O)C(=O)N2CCOC)ccc1OC(C)C. The summed E-state index contributed by atoms with van der Waals surface area (Å²) < 4.78 is 17.6. The van der Waals surface area contributed by atoms with Crippen LogP contribution in [0, 0.1) is 0 Å². The molecule has 0 spiro atoms. The summed E-state index contributed by atoms with van der Waals surface area (Å²) in [6.45, 7) is 6.56. The minimum atomic E-state index is -0.795. The lowest BCUT2D eigenvalue weighted by Crippen LogP contribution is -2.32. The van der Waals surface area contributed by atoms with E-state index in [-0.39, 0.29) is 30.6 Å². The van der Waals surface area contributed by atoms with Crippen molar-refractivity contribution in [2.45, 2.75) is 32.9 Å². The summed E-state index contributed by atoms with van der Waals surface area (Å²) in [4.78, 5) is 27.4. The van der Waals surface area contributed by atoms with Gasteiger partial charge in [0.2, 0.25) is 0 Å². The van der Waals surface area contributed by atoms with Crippen LogP contribution in [0.25, 0.3) is 5.76 Å². The van der Waals surface area contributed by atoms with E-state index in [1.165, 1.54) is 12.0 Å². The number of carbonyl (C=O) groups excluding carboxylic acids is 2. The molecular formula is C25H28BrNO6. The van der Waals surface area contributed by atoms with Crippen LogP contribution in [0.4, 0.5) is 0 Å². The van der Waals surface area contributed by atoms with Gasteiger partial charge in [-0.05, 0) is 50.6 Å². The van der Waals surface area contributed by atoms with Crippen molar-refractivity contribution in [3.05, 3.63) is 63.6 Å². The standard InChI is InChI=1S/C25H28BrNO6/c1-5-32-20-14-17(8-11-19(20)33-15(2)3)22-21(23(28)16-6-9-18(26)10-7-16)24(29)25(30)27(22)12-13-31-4/h6-11,14-15,22,28H,5,12-13H2,1-4H3/b23-21-. The zero-order valence-electron chi connectivity index (χ0n) is 19.1. The average Bonchev–Trinajstić information content (AvgIpc) is 3.03. The number of hydrogen-bond acceptors (Lipinski definition) is 6. The van der Waals surface area contributed by atoms with E-state index in [4.69, 9.17) is 14.2 Å². The number of rotatable bonds is 9. The zero-order valence-corrected chi connectivity index (χ0v) is 20.7. The number of benzene rings is 2. The molecule has 7 nitrogen and oxygen atoms in total. The van der Waals surface area contributed by atoms with Crippen molar-refractivity contribution in [2.24, 2.45) is 0 Å². The number of aliphatic hydroxyl groups is 1. The van der Waals surface area contributed by atoms with E-state index in [2.05, 4.69) is 15.9 Å². The highest BCUT2D eigenvalue weighted by Gasteiger charge is 2.46. The summed E-state index contributed by atoms with van der Waals surface area (Å²) >= 11 is 3.37. The van der Waals surface area contributed by atoms with Crippen LogP contribution in [-0.4, -0.2) is 54.7 Å². The van der Waals surface area contributed by atoms with Gasteiger partial charge < -0.3 is 24.2 Å². The minimum Gasteiger partial charge on any atom is -0.507 e. The van der Waals surface area contributed by atoms with Gasteiger partial charge in [0.25, 0.3) is 11.7 Å². The molecule has 3 rings (SSSR count). The Labute approximate surface area is 202 Å². The summed E-state index contributed by atoms with van der Waals surface area (Å²) in [5.74, 6) is -0.582. The summed E-state index contributed by atoms with van der Waals surface area (Å²) in [7, 11) is 1.53. The molecule has 1 aliphatic heterocycles. The number of hydrogen-bond donors (Lipinski definition) is 1. The van der Waals surface area contributed by atoms with Crippen LogP contribution in [-0.2, 0) is 14.3 Å². The molecule has 0 bridgehead atoms. The van der Waals surface area contributed by atoms with Crippen LogP contribution >= 0.6 is 15.9 Å². The number of halogens is 1. The van der Waals surface area contributed by atoms with Crippen LogP contribution in [0.5, 0.6) is 11.5 Å². The van der Waals surface area contributed by atoms with Gasteiger partial charge in [0, 0.05) is 23.7 Å². The predicted molar refractivity (Wildman–Crippen MR) is 128 cm³/mol. The molecular weight excluding hydrogens is 490 g/mol. The normalized spacial score (nSPS) is 17.6. The van der Waals surface area contributed by atoms with E-state index < -0.39 is 17.7 Å². The van der Waals surface area contributed by atoms with Crippen molar-refractivity contribution in [3.63, 3.8) is 0 Å². The van der Waals surface area contributed by atoms with Crippen molar-refractivity contribution in [1.82, 2.24) is 4.90 Å². The van der Waals surface area contributed by atoms with Crippen LogP contribution in [0.2, 0.25) is 0 Å². The Morgan fingerprint density at radius 3 is 2.42 bits per heavy atom. The van der Waals surface area contributed by atoms with Crippen LogP contribution in [0.3, 0.4) is 0 Å². The molecule has 0 saturated carbocycles. The largest absolute Gasteiger partial charge is 0.507 e. The number of methoxy groups -OCH3 is 1. The van der Waals surface area contributed by atoms with Crippen LogP contribution in [0.15, 0.2) is 52.5 Å². The van der Waals surface area contributed by atoms with Gasteiger partial charge in [-0.15, -0.1) is 0 Å². The fraction of sp³-hybridized carbons (Fsp3) is 0.360. The second kappa shape index (κ2) is 10.9. The van der Waals surface area contributed by atoms with E-state index in [0.717, 1.165) is 4.47 Å². The predicted octanol–water partition coefficient (Wildman–Crippen LogP) is 4.70. The first-order valence-corrected chi connectivity index (χ1v) is 11.5. The van der Waals surface area contributed by atoms with Crippen molar-refractivity contribution in [1.29, 1.82) is 0 Å².